The zero-order valence-electron chi connectivity index (χ0n) is 16.0. The number of carbonyl (C=O) groups is 1. The molecule has 0 aromatic heterocycles. The summed E-state index contributed by atoms with van der Waals surface area (Å²) in [4.78, 5) is 12.5. The normalized spacial score (nSPS) is 11.2. The first-order valence-electron chi connectivity index (χ1n) is 8.71. The molecule has 3 rings (SSSR count). The fourth-order valence-corrected chi connectivity index (χ4v) is 4.17. The van der Waals surface area contributed by atoms with Crippen LogP contribution < -0.4 is 9.62 Å². The zero-order chi connectivity index (χ0) is 22.1. The quantitative estimate of drug-likeness (QED) is 0.594. The molecule has 0 saturated heterocycles. The first-order valence-corrected chi connectivity index (χ1v) is 10.5. The average molecular weight is 451 g/mol. The van der Waals surface area contributed by atoms with Crippen LogP contribution >= 0.6 is 11.6 Å². The topological polar surface area (TPSA) is 66.5 Å². The van der Waals surface area contributed by atoms with Crippen molar-refractivity contribution in [2.45, 2.75) is 11.8 Å². The van der Waals surface area contributed by atoms with Crippen molar-refractivity contribution in [2.24, 2.45) is 0 Å². The van der Waals surface area contributed by atoms with E-state index >= 15 is 0 Å². The van der Waals surface area contributed by atoms with Gasteiger partial charge in [-0.25, -0.2) is 17.2 Å². The molecule has 1 N–H and O–H groups in total. The molecule has 3 aromatic carbocycles. The second-order valence-electron chi connectivity index (χ2n) is 6.50. The maximum absolute atomic E-state index is 13.3. The number of hydrogen-bond acceptors (Lipinski definition) is 3. The second-order valence-corrected chi connectivity index (χ2v) is 8.88. The summed E-state index contributed by atoms with van der Waals surface area (Å²) in [6.07, 6.45) is 0. The van der Waals surface area contributed by atoms with Crippen LogP contribution in [0.15, 0.2) is 65.6 Å². The van der Waals surface area contributed by atoms with E-state index in [1.165, 1.54) is 49.5 Å². The first-order chi connectivity index (χ1) is 14.1. The van der Waals surface area contributed by atoms with Crippen molar-refractivity contribution in [3.8, 4) is 0 Å². The summed E-state index contributed by atoms with van der Waals surface area (Å²) >= 11 is 6.12. The van der Waals surface area contributed by atoms with Gasteiger partial charge in [0.2, 0.25) is 0 Å². The lowest BCUT2D eigenvalue weighted by Crippen LogP contribution is -2.27. The van der Waals surface area contributed by atoms with Crippen LogP contribution in [-0.4, -0.2) is 21.4 Å². The van der Waals surface area contributed by atoms with Crippen LogP contribution in [0.4, 0.5) is 20.2 Å². The van der Waals surface area contributed by atoms with E-state index in [9.17, 15) is 22.0 Å². The molecule has 0 aliphatic heterocycles. The molecule has 1 amide bonds. The van der Waals surface area contributed by atoms with Gasteiger partial charge < -0.3 is 5.32 Å². The Morgan fingerprint density at radius 2 is 1.60 bits per heavy atom. The summed E-state index contributed by atoms with van der Waals surface area (Å²) in [7, 11) is -2.72. The van der Waals surface area contributed by atoms with Crippen LogP contribution in [0.2, 0.25) is 5.02 Å². The van der Waals surface area contributed by atoms with Gasteiger partial charge in [0.1, 0.15) is 11.6 Å². The smallest absolute Gasteiger partial charge is 0.264 e. The fourth-order valence-electron chi connectivity index (χ4n) is 2.74. The summed E-state index contributed by atoms with van der Waals surface area (Å²) in [5, 5.41) is 2.65. The van der Waals surface area contributed by atoms with E-state index in [2.05, 4.69) is 5.32 Å². The van der Waals surface area contributed by atoms with Crippen molar-refractivity contribution in [1.82, 2.24) is 0 Å². The highest BCUT2D eigenvalue weighted by Gasteiger charge is 2.24. The van der Waals surface area contributed by atoms with Crippen molar-refractivity contribution >= 4 is 38.9 Å². The Morgan fingerprint density at radius 3 is 2.23 bits per heavy atom. The van der Waals surface area contributed by atoms with Gasteiger partial charge in [0.25, 0.3) is 15.9 Å². The molecular weight excluding hydrogens is 434 g/mol. The maximum Gasteiger partial charge on any atom is 0.264 e. The zero-order valence-corrected chi connectivity index (χ0v) is 17.6. The molecule has 3 aromatic rings. The molecule has 0 unspecified atom stereocenters. The minimum Gasteiger partial charge on any atom is -0.322 e. The summed E-state index contributed by atoms with van der Waals surface area (Å²) < 4.78 is 53.3. The number of aryl methyl sites for hydroxylation is 1. The molecular formula is C21H17ClF2N2O3S. The minimum absolute atomic E-state index is 0.0515. The van der Waals surface area contributed by atoms with Gasteiger partial charge in [-0.2, -0.15) is 0 Å². The number of sulfonamides is 1. The Labute approximate surface area is 178 Å². The highest BCUT2D eigenvalue weighted by molar-refractivity contribution is 7.92. The summed E-state index contributed by atoms with van der Waals surface area (Å²) in [6, 6.07) is 12.5. The number of benzene rings is 3. The lowest BCUT2D eigenvalue weighted by atomic mass is 10.1. The summed E-state index contributed by atoms with van der Waals surface area (Å²) in [5.41, 5.74) is 1.06. The highest BCUT2D eigenvalue weighted by atomic mass is 35.5. The number of rotatable bonds is 5. The monoisotopic (exact) mass is 450 g/mol. The molecule has 9 heteroatoms. The minimum atomic E-state index is -4.04. The van der Waals surface area contributed by atoms with E-state index in [0.29, 0.717) is 11.3 Å². The van der Waals surface area contributed by atoms with Crippen LogP contribution in [0.1, 0.15) is 15.9 Å². The Morgan fingerprint density at radius 1 is 0.967 bits per heavy atom. The van der Waals surface area contributed by atoms with Crippen molar-refractivity contribution in [3.63, 3.8) is 0 Å². The van der Waals surface area contributed by atoms with Gasteiger partial charge in [-0.1, -0.05) is 11.6 Å². The van der Waals surface area contributed by atoms with Gasteiger partial charge in [-0.15, -0.1) is 0 Å². The molecule has 30 heavy (non-hydrogen) atoms. The van der Waals surface area contributed by atoms with Gasteiger partial charge in [0, 0.05) is 12.7 Å². The van der Waals surface area contributed by atoms with E-state index < -0.39 is 27.6 Å². The van der Waals surface area contributed by atoms with Crippen LogP contribution in [-0.2, 0) is 10.0 Å². The third kappa shape index (κ3) is 4.44. The number of amides is 1. The molecule has 0 bridgehead atoms. The van der Waals surface area contributed by atoms with Crippen LogP contribution in [0, 0.1) is 18.6 Å². The lowest BCUT2D eigenvalue weighted by Gasteiger charge is -2.20. The van der Waals surface area contributed by atoms with Crippen LogP contribution in [0.5, 0.6) is 0 Å². The third-order valence-corrected chi connectivity index (χ3v) is 6.58. The summed E-state index contributed by atoms with van der Waals surface area (Å²) in [6.45, 7) is 1.62. The van der Waals surface area contributed by atoms with E-state index in [0.717, 1.165) is 22.5 Å². The molecule has 156 valence electrons. The largest absolute Gasteiger partial charge is 0.322 e. The molecule has 0 atom stereocenters. The fraction of sp³-hybridized carbons (Fsp3) is 0.0952. The number of anilines is 2. The molecule has 0 radical (unpaired) electrons. The number of carbonyl (C=O) groups excluding carboxylic acids is 1. The van der Waals surface area contributed by atoms with Crippen LogP contribution in [0.3, 0.4) is 0 Å². The first kappa shape index (κ1) is 21.7. The average Bonchev–Trinajstić information content (AvgIpc) is 2.70. The maximum atomic E-state index is 13.3. The molecule has 0 spiro atoms. The number of nitrogens with one attached hydrogen (secondary N) is 1. The number of halogens is 3. The van der Waals surface area contributed by atoms with Gasteiger partial charge in [0.05, 0.1) is 21.2 Å². The lowest BCUT2D eigenvalue weighted by molar-refractivity contribution is 0.102. The molecule has 0 saturated carbocycles. The highest BCUT2D eigenvalue weighted by Crippen LogP contribution is 2.27. The van der Waals surface area contributed by atoms with E-state index in [1.54, 1.807) is 6.92 Å². The second kappa shape index (κ2) is 8.41. The van der Waals surface area contributed by atoms with E-state index in [-0.39, 0.29) is 21.2 Å². The van der Waals surface area contributed by atoms with E-state index in [1.807, 2.05) is 0 Å². The van der Waals surface area contributed by atoms with Crippen molar-refractivity contribution in [3.05, 3.63) is 88.4 Å². The van der Waals surface area contributed by atoms with Crippen LogP contribution in [0.25, 0.3) is 0 Å². The van der Waals surface area contributed by atoms with Crippen molar-refractivity contribution in [1.29, 1.82) is 0 Å². The Hall–Kier alpha value is -2.97. The van der Waals surface area contributed by atoms with Crippen molar-refractivity contribution < 1.29 is 22.0 Å². The van der Waals surface area contributed by atoms with Gasteiger partial charge in [-0.05, 0) is 73.2 Å². The SMILES string of the molecule is Cc1cc(F)ccc1NC(=O)c1cc(S(=O)(=O)N(C)c2ccc(F)cc2)ccc1Cl. The Bertz CT molecular complexity index is 1220. The molecule has 0 aliphatic rings. The Balaban J connectivity index is 1.93. The molecule has 5 nitrogen and oxygen atoms in total. The number of nitrogens with zero attached hydrogens (tertiary/aromatic N) is 1. The molecule has 0 fully saturated rings. The standard InChI is InChI=1S/C21H17ClF2N2O3S/c1-13-11-15(24)5-10-20(13)25-21(27)18-12-17(8-9-19(18)22)30(28,29)26(2)16-6-3-14(23)4-7-16/h3-12H,1-2H3,(H,25,27). The predicted octanol–water partition coefficient (Wildman–Crippen LogP) is 5.00. The third-order valence-electron chi connectivity index (χ3n) is 4.47. The summed E-state index contributed by atoms with van der Waals surface area (Å²) in [5.74, 6) is -1.58. The molecule has 0 heterocycles. The van der Waals surface area contributed by atoms with Gasteiger partial charge in [0.15, 0.2) is 0 Å². The van der Waals surface area contributed by atoms with Gasteiger partial charge in [-0.3, -0.25) is 9.10 Å². The van der Waals surface area contributed by atoms with Crippen molar-refractivity contribution in [2.75, 3.05) is 16.7 Å². The van der Waals surface area contributed by atoms with Gasteiger partial charge >= 0.3 is 0 Å². The predicted molar refractivity (Wildman–Crippen MR) is 113 cm³/mol. The number of hydrogen-bond donors (Lipinski definition) is 1. The molecule has 0 aliphatic carbocycles. The Kier molecular flexibility index (Phi) is 6.09. The van der Waals surface area contributed by atoms with E-state index in [4.69, 9.17) is 11.6 Å².